The monoisotopic (exact) mass is 451 g/mol. The summed E-state index contributed by atoms with van der Waals surface area (Å²) in [5, 5.41) is 22.3. The summed E-state index contributed by atoms with van der Waals surface area (Å²) in [5.74, 6) is 0.851. The number of aryl methyl sites for hydroxylation is 2. The predicted molar refractivity (Wildman–Crippen MR) is 119 cm³/mol. The van der Waals surface area contributed by atoms with Gasteiger partial charge in [0.2, 0.25) is 0 Å². The van der Waals surface area contributed by atoms with E-state index in [1.807, 2.05) is 29.5 Å². The van der Waals surface area contributed by atoms with Gasteiger partial charge in [0.15, 0.2) is 11.6 Å². The van der Waals surface area contributed by atoms with Gasteiger partial charge in [-0.1, -0.05) is 5.21 Å². The predicted octanol–water partition coefficient (Wildman–Crippen LogP) is 2.80. The van der Waals surface area contributed by atoms with Crippen LogP contribution >= 0.6 is 0 Å². The number of ether oxygens (including phenoxy) is 1. The lowest BCUT2D eigenvalue weighted by Crippen LogP contribution is -2.29. The summed E-state index contributed by atoms with van der Waals surface area (Å²) in [5.41, 5.74) is 3.54. The van der Waals surface area contributed by atoms with E-state index in [0.29, 0.717) is 31.0 Å². The van der Waals surface area contributed by atoms with Crippen LogP contribution in [0.1, 0.15) is 55.6 Å². The molecule has 2 atom stereocenters. The number of aromatic nitrogens is 7. The molecule has 0 bridgehead atoms. The average molecular weight is 452 g/mol. The van der Waals surface area contributed by atoms with E-state index in [0.717, 1.165) is 47.8 Å². The van der Waals surface area contributed by atoms with Crippen LogP contribution in [0.4, 0.5) is 0 Å². The third-order valence-corrected chi connectivity index (χ3v) is 6.60. The van der Waals surface area contributed by atoms with Gasteiger partial charge in [0.25, 0.3) is 0 Å². The lowest BCUT2D eigenvalue weighted by atomic mass is 9.87. The molecule has 10 heteroatoms. The molecule has 2 saturated carbocycles. The molecule has 0 saturated heterocycles. The summed E-state index contributed by atoms with van der Waals surface area (Å²) in [7, 11) is 1.90. The maximum absolute atomic E-state index is 11.3. The summed E-state index contributed by atoms with van der Waals surface area (Å²) >= 11 is 0. The zero-order valence-electron chi connectivity index (χ0n) is 19.0. The minimum Gasteiger partial charge on any atom is -0.487 e. The smallest absolute Gasteiger partial charge is 0.306 e. The molecule has 2 fully saturated rings. The Morgan fingerprint density at radius 3 is 2.85 bits per heavy atom. The van der Waals surface area contributed by atoms with Gasteiger partial charge >= 0.3 is 5.97 Å². The Labute approximate surface area is 192 Å². The molecule has 0 spiro atoms. The maximum Gasteiger partial charge on any atom is 0.306 e. The number of nitrogens with zero attached hydrogens (tertiary/aromatic N) is 7. The standard InChI is InChI=1S/C23H29N7O3/c1-14-21(33-18-5-3-4-16(9-18)23(31)32)11-24-22(26-14)19-10-25-29(2)20(19)13-30-12-17(27-28-30)8-15-6-7-15/h10-12,15-16,18H,3-9,13H2,1-2H3,(H,31,32)/t16-,18?/m0/s1. The first kappa shape index (κ1) is 21.5. The Morgan fingerprint density at radius 1 is 1.24 bits per heavy atom. The Bertz CT molecular complexity index is 1150. The second-order valence-electron chi connectivity index (χ2n) is 9.27. The van der Waals surface area contributed by atoms with Gasteiger partial charge < -0.3 is 9.84 Å². The van der Waals surface area contributed by atoms with Crippen LogP contribution in [0.2, 0.25) is 0 Å². The van der Waals surface area contributed by atoms with Crippen molar-refractivity contribution in [2.75, 3.05) is 0 Å². The van der Waals surface area contributed by atoms with Crippen LogP contribution in [-0.2, 0) is 24.8 Å². The molecule has 3 aromatic rings. The minimum atomic E-state index is -0.747. The molecule has 33 heavy (non-hydrogen) atoms. The van der Waals surface area contributed by atoms with E-state index in [1.165, 1.54) is 12.8 Å². The molecule has 0 radical (unpaired) electrons. The Balaban J connectivity index is 1.31. The third kappa shape index (κ3) is 4.89. The summed E-state index contributed by atoms with van der Waals surface area (Å²) in [6, 6.07) is 0. The van der Waals surface area contributed by atoms with Crippen molar-refractivity contribution in [3.63, 3.8) is 0 Å². The normalized spacial score (nSPS) is 20.7. The third-order valence-electron chi connectivity index (χ3n) is 6.60. The fourth-order valence-corrected chi connectivity index (χ4v) is 4.48. The Hall–Kier alpha value is -3.30. The molecule has 0 aliphatic heterocycles. The summed E-state index contributed by atoms with van der Waals surface area (Å²) in [6.07, 6.45) is 11.8. The second-order valence-corrected chi connectivity index (χ2v) is 9.27. The molecule has 0 aromatic carbocycles. The van der Waals surface area contributed by atoms with Gasteiger partial charge in [-0.3, -0.25) is 9.48 Å². The van der Waals surface area contributed by atoms with Crippen LogP contribution in [0.3, 0.4) is 0 Å². The van der Waals surface area contributed by atoms with Crippen LogP contribution in [0, 0.1) is 18.8 Å². The topological polar surface area (TPSA) is 121 Å². The lowest BCUT2D eigenvalue weighted by molar-refractivity contribution is -0.143. The Morgan fingerprint density at radius 2 is 2.09 bits per heavy atom. The van der Waals surface area contributed by atoms with E-state index in [9.17, 15) is 9.90 Å². The van der Waals surface area contributed by atoms with Crippen molar-refractivity contribution < 1.29 is 14.6 Å². The first-order valence-electron chi connectivity index (χ1n) is 11.6. The van der Waals surface area contributed by atoms with E-state index >= 15 is 0 Å². The molecule has 3 aromatic heterocycles. The van der Waals surface area contributed by atoms with Crippen molar-refractivity contribution in [2.24, 2.45) is 18.9 Å². The van der Waals surface area contributed by atoms with Gasteiger partial charge in [0, 0.05) is 13.2 Å². The number of carboxylic acids is 1. The fraction of sp³-hybridized carbons (Fsp3) is 0.565. The quantitative estimate of drug-likeness (QED) is 0.555. The lowest BCUT2D eigenvalue weighted by Gasteiger charge is -2.27. The van der Waals surface area contributed by atoms with Crippen molar-refractivity contribution >= 4 is 5.97 Å². The number of hydrogen-bond donors (Lipinski definition) is 1. The van der Waals surface area contributed by atoms with E-state index in [4.69, 9.17) is 4.74 Å². The molecule has 2 aliphatic rings. The Kier molecular flexibility index (Phi) is 5.82. The summed E-state index contributed by atoms with van der Waals surface area (Å²) in [6.45, 7) is 2.42. The molecule has 5 rings (SSSR count). The highest BCUT2D eigenvalue weighted by atomic mass is 16.5. The molecule has 1 unspecified atom stereocenters. The molecule has 174 valence electrons. The van der Waals surface area contributed by atoms with Crippen molar-refractivity contribution in [3.05, 3.63) is 35.7 Å². The highest BCUT2D eigenvalue weighted by Gasteiger charge is 2.29. The van der Waals surface area contributed by atoms with Crippen molar-refractivity contribution in [2.45, 2.75) is 64.5 Å². The number of rotatable bonds is 8. The summed E-state index contributed by atoms with van der Waals surface area (Å²) < 4.78 is 9.75. The van der Waals surface area contributed by atoms with Crippen LogP contribution in [0.15, 0.2) is 18.6 Å². The van der Waals surface area contributed by atoms with Gasteiger partial charge in [-0.05, 0) is 57.8 Å². The molecule has 2 aliphatic carbocycles. The number of carbonyl (C=O) groups is 1. The number of aliphatic carboxylic acids is 1. The van der Waals surface area contributed by atoms with E-state index < -0.39 is 5.97 Å². The maximum atomic E-state index is 11.3. The zero-order valence-corrected chi connectivity index (χ0v) is 19.0. The SMILES string of the molecule is Cc1nc(-c2cnn(C)c2Cn2cc(CC3CC3)nn2)ncc1OC1CCC[C@H](C(=O)O)C1. The van der Waals surface area contributed by atoms with Crippen LogP contribution in [0.5, 0.6) is 5.75 Å². The minimum absolute atomic E-state index is 0.126. The van der Waals surface area contributed by atoms with Gasteiger partial charge in [-0.15, -0.1) is 5.10 Å². The highest BCUT2D eigenvalue weighted by Crippen LogP contribution is 2.32. The number of carboxylic acid groups (broad SMARTS) is 1. The molecule has 0 amide bonds. The molecular formula is C23H29N7O3. The molecule has 1 N–H and O–H groups in total. The second kappa shape index (κ2) is 8.92. The van der Waals surface area contributed by atoms with Crippen LogP contribution < -0.4 is 4.74 Å². The van der Waals surface area contributed by atoms with Crippen molar-refractivity contribution in [1.82, 2.24) is 34.7 Å². The van der Waals surface area contributed by atoms with E-state index in [2.05, 4.69) is 25.4 Å². The van der Waals surface area contributed by atoms with Gasteiger partial charge in [0.05, 0.1) is 53.6 Å². The molecular weight excluding hydrogens is 422 g/mol. The van der Waals surface area contributed by atoms with Crippen LogP contribution in [0.25, 0.3) is 11.4 Å². The molecule has 3 heterocycles. The van der Waals surface area contributed by atoms with Gasteiger partial charge in [0.1, 0.15) is 0 Å². The van der Waals surface area contributed by atoms with Crippen LogP contribution in [-0.4, -0.2) is 51.9 Å². The highest BCUT2D eigenvalue weighted by molar-refractivity contribution is 5.70. The van der Waals surface area contributed by atoms with E-state index in [-0.39, 0.29) is 12.0 Å². The van der Waals surface area contributed by atoms with Crippen molar-refractivity contribution in [1.29, 1.82) is 0 Å². The largest absolute Gasteiger partial charge is 0.487 e. The average Bonchev–Trinajstić information content (AvgIpc) is 3.39. The summed E-state index contributed by atoms with van der Waals surface area (Å²) in [4.78, 5) is 20.6. The van der Waals surface area contributed by atoms with Gasteiger partial charge in [-0.25, -0.2) is 14.6 Å². The van der Waals surface area contributed by atoms with Gasteiger partial charge in [-0.2, -0.15) is 5.10 Å². The first-order chi connectivity index (χ1) is 16.0. The van der Waals surface area contributed by atoms with Crippen molar-refractivity contribution in [3.8, 4) is 17.1 Å². The first-order valence-corrected chi connectivity index (χ1v) is 11.6. The molecule has 10 nitrogen and oxygen atoms in total. The fourth-order valence-electron chi connectivity index (χ4n) is 4.48. The zero-order chi connectivity index (χ0) is 22.9. The number of hydrogen-bond acceptors (Lipinski definition) is 7. The van der Waals surface area contributed by atoms with E-state index in [1.54, 1.807) is 12.4 Å².